The average Bonchev–Trinajstić information content (AvgIpc) is 2.51. The number of aliphatic hydroxyl groups is 1. The molecule has 0 aliphatic rings. The smallest absolute Gasteiger partial charge is 0.240 e. The summed E-state index contributed by atoms with van der Waals surface area (Å²) in [4.78, 5) is -0.0918. The normalized spacial score (nSPS) is 13.0. The second-order valence-electron chi connectivity index (χ2n) is 5.44. The minimum atomic E-state index is -3.80. The highest BCUT2D eigenvalue weighted by Crippen LogP contribution is 2.20. The molecule has 0 heterocycles. The lowest BCUT2D eigenvalue weighted by atomic mass is 9.96. The summed E-state index contributed by atoms with van der Waals surface area (Å²) in [6.07, 6.45) is 0.439. The van der Waals surface area contributed by atoms with Crippen molar-refractivity contribution < 1.29 is 17.9 Å². The first kappa shape index (κ1) is 17.6. The number of hydrogen-bond acceptors (Lipinski definition) is 3. The molecule has 6 heteroatoms. The van der Waals surface area contributed by atoms with Crippen molar-refractivity contribution in [3.63, 3.8) is 0 Å². The van der Waals surface area contributed by atoms with Crippen molar-refractivity contribution in [2.45, 2.75) is 24.2 Å². The van der Waals surface area contributed by atoms with Crippen LogP contribution in [0.25, 0.3) is 0 Å². The van der Waals surface area contributed by atoms with Crippen LogP contribution in [0.4, 0.5) is 4.39 Å². The van der Waals surface area contributed by atoms with Crippen molar-refractivity contribution in [1.29, 1.82) is 0 Å². The fraction of sp³-hybridized carbons (Fsp3) is 0.294. The van der Waals surface area contributed by atoms with E-state index in [1.165, 1.54) is 12.1 Å². The van der Waals surface area contributed by atoms with E-state index in [1.807, 2.05) is 30.3 Å². The van der Waals surface area contributed by atoms with Gasteiger partial charge in [0.25, 0.3) is 0 Å². The van der Waals surface area contributed by atoms with Gasteiger partial charge in [-0.1, -0.05) is 30.3 Å². The van der Waals surface area contributed by atoms with Gasteiger partial charge in [0.05, 0.1) is 4.90 Å². The zero-order chi connectivity index (χ0) is 16.9. The van der Waals surface area contributed by atoms with E-state index in [1.54, 1.807) is 6.92 Å². The zero-order valence-corrected chi connectivity index (χ0v) is 13.7. The van der Waals surface area contributed by atoms with Crippen molar-refractivity contribution in [1.82, 2.24) is 4.72 Å². The summed E-state index contributed by atoms with van der Waals surface area (Å²) in [5.74, 6) is -0.731. The Morgan fingerprint density at radius 3 is 2.48 bits per heavy atom. The number of aryl methyl sites for hydroxylation is 1. The average molecular weight is 337 g/mol. The fourth-order valence-corrected chi connectivity index (χ4v) is 3.62. The molecule has 124 valence electrons. The van der Waals surface area contributed by atoms with Gasteiger partial charge in [-0.15, -0.1) is 0 Å². The molecule has 0 saturated heterocycles. The van der Waals surface area contributed by atoms with Crippen LogP contribution in [-0.4, -0.2) is 26.7 Å². The molecular weight excluding hydrogens is 317 g/mol. The summed E-state index contributed by atoms with van der Waals surface area (Å²) in [7, 11) is -3.80. The molecule has 2 aromatic carbocycles. The molecule has 0 saturated carbocycles. The maximum Gasteiger partial charge on any atom is 0.240 e. The van der Waals surface area contributed by atoms with E-state index in [-0.39, 0.29) is 24.0 Å². The van der Waals surface area contributed by atoms with Crippen molar-refractivity contribution >= 4 is 10.0 Å². The van der Waals surface area contributed by atoms with Crippen LogP contribution in [0.15, 0.2) is 53.4 Å². The maximum atomic E-state index is 13.4. The van der Waals surface area contributed by atoms with E-state index in [9.17, 15) is 17.9 Å². The Balaban J connectivity index is 2.16. The summed E-state index contributed by atoms with van der Waals surface area (Å²) in [5.41, 5.74) is 1.49. The molecule has 4 nitrogen and oxygen atoms in total. The monoisotopic (exact) mass is 337 g/mol. The zero-order valence-electron chi connectivity index (χ0n) is 12.9. The van der Waals surface area contributed by atoms with Crippen molar-refractivity contribution in [2.24, 2.45) is 0 Å². The molecule has 1 unspecified atom stereocenters. The molecule has 0 amide bonds. The Morgan fingerprint density at radius 1 is 1.17 bits per heavy atom. The lowest BCUT2D eigenvalue weighted by Gasteiger charge is -2.17. The lowest BCUT2D eigenvalue weighted by molar-refractivity contribution is 0.275. The molecule has 23 heavy (non-hydrogen) atoms. The Hall–Kier alpha value is -1.76. The molecule has 0 spiro atoms. The Kier molecular flexibility index (Phi) is 5.87. The van der Waals surface area contributed by atoms with Crippen LogP contribution < -0.4 is 4.72 Å². The predicted octanol–water partition coefficient (Wildman–Crippen LogP) is 2.58. The van der Waals surface area contributed by atoms with E-state index < -0.39 is 15.8 Å². The second-order valence-corrected chi connectivity index (χ2v) is 7.20. The molecule has 0 bridgehead atoms. The van der Waals surface area contributed by atoms with Crippen molar-refractivity contribution in [3.05, 3.63) is 65.5 Å². The number of rotatable bonds is 7. The third-order valence-electron chi connectivity index (χ3n) is 3.59. The summed E-state index contributed by atoms with van der Waals surface area (Å²) in [6, 6.07) is 13.1. The highest BCUT2D eigenvalue weighted by Gasteiger charge is 2.19. The summed E-state index contributed by atoms with van der Waals surface area (Å²) in [5, 5.41) is 9.19. The SMILES string of the molecule is Cc1cc(F)cc(S(=O)(=O)NCC(CCO)c2ccccc2)c1. The Bertz CT molecular complexity index is 727. The minimum absolute atomic E-state index is 0.0413. The fourth-order valence-electron chi connectivity index (χ4n) is 2.42. The van der Waals surface area contributed by atoms with Gasteiger partial charge in [-0.05, 0) is 48.6 Å². The molecule has 0 radical (unpaired) electrons. The molecule has 0 fully saturated rings. The topological polar surface area (TPSA) is 66.4 Å². The number of halogens is 1. The van der Waals surface area contributed by atoms with Crippen molar-refractivity contribution in [3.8, 4) is 0 Å². The molecule has 2 N–H and O–H groups in total. The number of sulfonamides is 1. The number of nitrogens with one attached hydrogen (secondary N) is 1. The standard InChI is InChI=1S/C17H20FNO3S/c1-13-9-16(18)11-17(10-13)23(21,22)19-12-15(7-8-20)14-5-3-2-4-6-14/h2-6,9-11,15,19-20H,7-8,12H2,1H3. The van der Waals surface area contributed by atoms with Crippen LogP contribution in [0, 0.1) is 12.7 Å². The third kappa shape index (κ3) is 4.86. The largest absolute Gasteiger partial charge is 0.396 e. The van der Waals surface area contributed by atoms with E-state index >= 15 is 0 Å². The molecule has 0 aromatic heterocycles. The molecular formula is C17H20FNO3S. The first-order valence-electron chi connectivity index (χ1n) is 7.35. The van der Waals surface area contributed by atoms with Crippen LogP contribution in [0.1, 0.15) is 23.5 Å². The summed E-state index contributed by atoms with van der Waals surface area (Å²) < 4.78 is 40.6. The van der Waals surface area contributed by atoms with Gasteiger partial charge in [-0.25, -0.2) is 17.5 Å². The van der Waals surface area contributed by atoms with Crippen molar-refractivity contribution in [2.75, 3.05) is 13.2 Å². The minimum Gasteiger partial charge on any atom is -0.396 e. The first-order valence-corrected chi connectivity index (χ1v) is 8.83. The van der Waals surface area contributed by atoms with Gasteiger partial charge in [0.1, 0.15) is 5.82 Å². The van der Waals surface area contributed by atoms with E-state index in [2.05, 4.69) is 4.72 Å². The predicted molar refractivity (Wildman–Crippen MR) is 87.2 cm³/mol. The van der Waals surface area contributed by atoms with Gasteiger partial charge in [0.2, 0.25) is 10.0 Å². The number of hydrogen-bond donors (Lipinski definition) is 2. The molecule has 0 aliphatic carbocycles. The third-order valence-corrected chi connectivity index (χ3v) is 5.00. The van der Waals surface area contributed by atoms with Crippen LogP contribution in [0.5, 0.6) is 0 Å². The van der Waals surface area contributed by atoms with Crippen LogP contribution in [0.3, 0.4) is 0 Å². The van der Waals surface area contributed by atoms with Gasteiger partial charge in [-0.2, -0.15) is 0 Å². The van der Waals surface area contributed by atoms with Gasteiger partial charge >= 0.3 is 0 Å². The number of aliphatic hydroxyl groups excluding tert-OH is 1. The highest BCUT2D eigenvalue weighted by molar-refractivity contribution is 7.89. The Morgan fingerprint density at radius 2 is 1.87 bits per heavy atom. The number of benzene rings is 2. The van der Waals surface area contributed by atoms with E-state index in [0.717, 1.165) is 11.6 Å². The lowest BCUT2D eigenvalue weighted by Crippen LogP contribution is -2.29. The molecule has 0 aliphatic heterocycles. The van der Waals surface area contributed by atoms with Crippen LogP contribution in [0.2, 0.25) is 0 Å². The van der Waals surface area contributed by atoms with Gasteiger partial charge in [0, 0.05) is 13.2 Å². The summed E-state index contributed by atoms with van der Waals surface area (Å²) >= 11 is 0. The molecule has 1 atom stereocenters. The van der Waals surface area contributed by atoms with Gasteiger partial charge in [-0.3, -0.25) is 0 Å². The van der Waals surface area contributed by atoms with Crippen LogP contribution in [-0.2, 0) is 10.0 Å². The van der Waals surface area contributed by atoms with Gasteiger partial charge < -0.3 is 5.11 Å². The first-order chi connectivity index (χ1) is 10.9. The molecule has 2 aromatic rings. The molecule has 2 rings (SSSR count). The maximum absolute atomic E-state index is 13.4. The van der Waals surface area contributed by atoms with E-state index in [0.29, 0.717) is 12.0 Å². The van der Waals surface area contributed by atoms with E-state index in [4.69, 9.17) is 0 Å². The summed E-state index contributed by atoms with van der Waals surface area (Å²) in [6.45, 7) is 1.74. The van der Waals surface area contributed by atoms with Gasteiger partial charge in [0.15, 0.2) is 0 Å². The highest BCUT2D eigenvalue weighted by atomic mass is 32.2. The Labute approximate surface area is 136 Å². The van der Waals surface area contributed by atoms with Crippen LogP contribution >= 0.6 is 0 Å². The second kappa shape index (κ2) is 7.68. The quantitative estimate of drug-likeness (QED) is 0.816.